The highest BCUT2D eigenvalue weighted by Crippen LogP contribution is 2.22. The molecule has 0 heterocycles. The third-order valence-corrected chi connectivity index (χ3v) is 4.37. The molecule has 0 aliphatic heterocycles. The highest BCUT2D eigenvalue weighted by molar-refractivity contribution is 7.91. The summed E-state index contributed by atoms with van der Waals surface area (Å²) in [7, 11) is -3.15. The van der Waals surface area contributed by atoms with E-state index < -0.39 is 9.84 Å². The molecule has 1 rings (SSSR count). The fourth-order valence-electron chi connectivity index (χ4n) is 1.58. The van der Waals surface area contributed by atoms with Gasteiger partial charge >= 0.3 is 0 Å². The molecule has 0 atom stereocenters. The number of benzene rings is 1. The van der Waals surface area contributed by atoms with E-state index in [1.807, 2.05) is 19.1 Å². The van der Waals surface area contributed by atoms with Crippen LogP contribution in [0.2, 0.25) is 0 Å². The predicted molar refractivity (Wildman–Crippen MR) is 72.1 cm³/mol. The summed E-state index contributed by atoms with van der Waals surface area (Å²) in [5.41, 5.74) is 0.717. The lowest BCUT2D eigenvalue weighted by atomic mass is 10.2. The first-order valence-electron chi connectivity index (χ1n) is 6.03. The quantitative estimate of drug-likeness (QED) is 0.850. The molecule has 1 N–H and O–H groups in total. The van der Waals surface area contributed by atoms with E-state index in [1.165, 1.54) is 0 Å². The number of sulfone groups is 1. The van der Waals surface area contributed by atoms with Crippen molar-refractivity contribution in [1.82, 2.24) is 0 Å². The van der Waals surface area contributed by atoms with Crippen molar-refractivity contribution in [3.05, 3.63) is 24.3 Å². The zero-order valence-corrected chi connectivity index (χ0v) is 11.5. The molecule has 96 valence electrons. The number of anilines is 1. The number of rotatable bonds is 6. The normalized spacial score (nSPS) is 11.8. The Morgan fingerprint density at radius 2 is 1.88 bits per heavy atom. The predicted octanol–water partition coefficient (Wildman–Crippen LogP) is 2.94. The van der Waals surface area contributed by atoms with Crippen molar-refractivity contribution >= 4 is 15.5 Å². The monoisotopic (exact) mass is 255 g/mol. The second-order valence-corrected chi connectivity index (χ2v) is 6.67. The molecule has 0 aliphatic carbocycles. The molecular weight excluding hydrogens is 234 g/mol. The van der Waals surface area contributed by atoms with Gasteiger partial charge in [0.1, 0.15) is 0 Å². The minimum absolute atomic E-state index is 0.202. The molecule has 0 aromatic heterocycles. The molecule has 0 saturated heterocycles. The Bertz CT molecular complexity index is 452. The van der Waals surface area contributed by atoms with Gasteiger partial charge in [0, 0.05) is 6.54 Å². The third-order valence-electron chi connectivity index (χ3n) is 2.40. The molecule has 1 aromatic carbocycles. The van der Waals surface area contributed by atoms with E-state index in [1.54, 1.807) is 12.1 Å². The summed E-state index contributed by atoms with van der Waals surface area (Å²) in [5, 5.41) is 3.20. The maximum atomic E-state index is 12.1. The second-order valence-electron chi connectivity index (χ2n) is 4.59. The van der Waals surface area contributed by atoms with Crippen molar-refractivity contribution in [1.29, 1.82) is 0 Å². The fraction of sp³-hybridized carbons (Fsp3) is 0.538. The molecular formula is C13H21NO2S. The standard InChI is InChI=1S/C13H21NO2S/c1-4-9-17(15,16)13-8-6-5-7-12(13)14-10-11(2)3/h5-8,11,14H,4,9-10H2,1-3H3. The van der Waals surface area contributed by atoms with E-state index in [0.29, 0.717) is 17.2 Å². The molecule has 0 bridgehead atoms. The van der Waals surface area contributed by atoms with Crippen LogP contribution in [0.3, 0.4) is 0 Å². The molecule has 4 heteroatoms. The topological polar surface area (TPSA) is 46.2 Å². The van der Waals surface area contributed by atoms with Crippen molar-refractivity contribution in [2.24, 2.45) is 5.92 Å². The summed E-state index contributed by atoms with van der Waals surface area (Å²) in [6, 6.07) is 7.12. The third kappa shape index (κ3) is 4.04. The first-order chi connectivity index (χ1) is 7.97. The smallest absolute Gasteiger partial charge is 0.180 e. The lowest BCUT2D eigenvalue weighted by molar-refractivity contribution is 0.594. The molecule has 0 unspecified atom stereocenters. The highest BCUT2D eigenvalue weighted by Gasteiger charge is 2.16. The minimum Gasteiger partial charge on any atom is -0.384 e. The van der Waals surface area contributed by atoms with Crippen LogP contribution < -0.4 is 5.32 Å². The Hall–Kier alpha value is -1.03. The van der Waals surface area contributed by atoms with E-state index in [0.717, 1.165) is 12.2 Å². The lowest BCUT2D eigenvalue weighted by Crippen LogP contribution is -2.13. The highest BCUT2D eigenvalue weighted by atomic mass is 32.2. The van der Waals surface area contributed by atoms with Crippen molar-refractivity contribution in [2.45, 2.75) is 32.1 Å². The molecule has 0 fully saturated rings. The number of nitrogens with one attached hydrogen (secondary N) is 1. The Morgan fingerprint density at radius 3 is 2.47 bits per heavy atom. The molecule has 1 aromatic rings. The molecule has 0 aliphatic rings. The number of hydrogen-bond donors (Lipinski definition) is 1. The van der Waals surface area contributed by atoms with Crippen LogP contribution in [0.5, 0.6) is 0 Å². The largest absolute Gasteiger partial charge is 0.384 e. The van der Waals surface area contributed by atoms with Gasteiger partial charge in [-0.15, -0.1) is 0 Å². The molecule has 0 saturated carbocycles. The maximum absolute atomic E-state index is 12.1. The van der Waals surface area contributed by atoms with Crippen LogP contribution in [0.15, 0.2) is 29.2 Å². The van der Waals surface area contributed by atoms with Gasteiger partial charge in [-0.25, -0.2) is 8.42 Å². The Morgan fingerprint density at radius 1 is 1.24 bits per heavy atom. The van der Waals surface area contributed by atoms with Gasteiger partial charge in [0.25, 0.3) is 0 Å². The van der Waals surface area contributed by atoms with E-state index >= 15 is 0 Å². The van der Waals surface area contributed by atoms with Gasteiger partial charge in [0.2, 0.25) is 0 Å². The molecule has 0 spiro atoms. The summed E-state index contributed by atoms with van der Waals surface area (Å²) < 4.78 is 24.1. The first kappa shape index (κ1) is 14.0. The molecule has 3 nitrogen and oxygen atoms in total. The van der Waals surface area contributed by atoms with Crippen molar-refractivity contribution in [3.63, 3.8) is 0 Å². The zero-order chi connectivity index (χ0) is 12.9. The first-order valence-corrected chi connectivity index (χ1v) is 7.68. The van der Waals surface area contributed by atoms with Crippen LogP contribution in [0, 0.1) is 5.92 Å². The number of para-hydroxylation sites is 1. The SMILES string of the molecule is CCCS(=O)(=O)c1ccccc1NCC(C)C. The van der Waals surface area contributed by atoms with Crippen LogP contribution in [0.4, 0.5) is 5.69 Å². The van der Waals surface area contributed by atoms with Gasteiger partial charge in [-0.2, -0.15) is 0 Å². The summed E-state index contributed by atoms with van der Waals surface area (Å²) in [6.45, 7) is 6.84. The Balaban J connectivity index is 2.99. The summed E-state index contributed by atoms with van der Waals surface area (Å²) in [5.74, 6) is 0.685. The Labute approximate surface area is 104 Å². The van der Waals surface area contributed by atoms with Gasteiger partial charge in [-0.3, -0.25) is 0 Å². The average Bonchev–Trinajstić information content (AvgIpc) is 2.26. The van der Waals surface area contributed by atoms with Gasteiger partial charge in [0.15, 0.2) is 9.84 Å². The van der Waals surface area contributed by atoms with E-state index in [4.69, 9.17) is 0 Å². The van der Waals surface area contributed by atoms with Gasteiger partial charge in [-0.05, 0) is 24.5 Å². The van der Waals surface area contributed by atoms with E-state index in [2.05, 4.69) is 19.2 Å². The molecule has 17 heavy (non-hydrogen) atoms. The second kappa shape index (κ2) is 6.05. The van der Waals surface area contributed by atoms with Crippen LogP contribution in [-0.2, 0) is 9.84 Å². The van der Waals surface area contributed by atoms with Crippen LogP contribution in [-0.4, -0.2) is 20.7 Å². The van der Waals surface area contributed by atoms with Crippen molar-refractivity contribution in [3.8, 4) is 0 Å². The van der Waals surface area contributed by atoms with Crippen molar-refractivity contribution in [2.75, 3.05) is 17.6 Å². The van der Waals surface area contributed by atoms with Crippen molar-refractivity contribution < 1.29 is 8.42 Å². The van der Waals surface area contributed by atoms with E-state index in [9.17, 15) is 8.42 Å². The Kier molecular flexibility index (Phi) is 5.00. The zero-order valence-electron chi connectivity index (χ0n) is 10.7. The average molecular weight is 255 g/mol. The molecule has 0 radical (unpaired) electrons. The number of hydrogen-bond acceptors (Lipinski definition) is 3. The van der Waals surface area contributed by atoms with E-state index in [-0.39, 0.29) is 5.75 Å². The maximum Gasteiger partial charge on any atom is 0.180 e. The minimum atomic E-state index is -3.15. The van der Waals surface area contributed by atoms with Crippen LogP contribution in [0.1, 0.15) is 27.2 Å². The lowest BCUT2D eigenvalue weighted by Gasteiger charge is -2.13. The molecule has 0 amide bonds. The summed E-state index contributed by atoms with van der Waals surface area (Å²) in [4.78, 5) is 0.419. The van der Waals surface area contributed by atoms with Crippen LogP contribution >= 0.6 is 0 Å². The fourth-order valence-corrected chi connectivity index (χ4v) is 3.10. The van der Waals surface area contributed by atoms with Gasteiger partial charge < -0.3 is 5.32 Å². The van der Waals surface area contributed by atoms with Gasteiger partial charge in [-0.1, -0.05) is 32.9 Å². The summed E-state index contributed by atoms with van der Waals surface area (Å²) >= 11 is 0. The summed E-state index contributed by atoms with van der Waals surface area (Å²) in [6.07, 6.45) is 0.640. The van der Waals surface area contributed by atoms with Crippen LogP contribution in [0.25, 0.3) is 0 Å². The van der Waals surface area contributed by atoms with Gasteiger partial charge in [0.05, 0.1) is 16.3 Å².